The van der Waals surface area contributed by atoms with Gasteiger partial charge >= 0.3 is 5.97 Å². The summed E-state index contributed by atoms with van der Waals surface area (Å²) in [4.78, 5) is 23.9. The summed E-state index contributed by atoms with van der Waals surface area (Å²) >= 11 is 0. The Hall–Kier alpha value is -2.96. The number of rotatable bonds is 7. The van der Waals surface area contributed by atoms with E-state index in [2.05, 4.69) is 5.32 Å². The molecule has 0 spiro atoms. The number of methoxy groups -OCH3 is 1. The predicted molar refractivity (Wildman–Crippen MR) is 91.9 cm³/mol. The van der Waals surface area contributed by atoms with Gasteiger partial charge in [0.25, 0.3) is 5.91 Å². The van der Waals surface area contributed by atoms with E-state index < -0.39 is 35.3 Å². The molecular weight excluding hydrogens is 344 g/mol. The SMILES string of the molecule is COc1ccccc1CCC(=O)O[C@H](C)C(=O)Nc1c(F)cccc1F. The molecule has 2 aromatic rings. The number of ether oxygens (including phenoxy) is 2. The number of halogens is 2. The average Bonchev–Trinajstić information content (AvgIpc) is 2.63. The topological polar surface area (TPSA) is 64.6 Å². The van der Waals surface area contributed by atoms with Crippen LogP contribution < -0.4 is 10.1 Å². The number of benzene rings is 2. The second-order valence-corrected chi connectivity index (χ2v) is 5.53. The Morgan fingerprint density at radius 1 is 1.08 bits per heavy atom. The molecule has 0 heterocycles. The van der Waals surface area contributed by atoms with Crippen molar-refractivity contribution in [3.05, 3.63) is 59.7 Å². The number of anilines is 1. The minimum Gasteiger partial charge on any atom is -0.496 e. The molecule has 1 atom stereocenters. The molecule has 0 unspecified atom stereocenters. The maximum Gasteiger partial charge on any atom is 0.306 e. The van der Waals surface area contributed by atoms with Crippen molar-refractivity contribution in [2.75, 3.05) is 12.4 Å². The lowest BCUT2D eigenvalue weighted by Crippen LogP contribution is -2.30. The molecule has 26 heavy (non-hydrogen) atoms. The van der Waals surface area contributed by atoms with Crippen molar-refractivity contribution < 1.29 is 27.8 Å². The van der Waals surface area contributed by atoms with Crippen LogP contribution in [0.5, 0.6) is 5.75 Å². The highest BCUT2D eigenvalue weighted by Gasteiger charge is 2.21. The van der Waals surface area contributed by atoms with Gasteiger partial charge in [0, 0.05) is 6.42 Å². The van der Waals surface area contributed by atoms with Gasteiger partial charge in [-0.1, -0.05) is 24.3 Å². The fourth-order valence-corrected chi connectivity index (χ4v) is 2.30. The third kappa shape index (κ3) is 5.02. The van der Waals surface area contributed by atoms with Gasteiger partial charge in [0.15, 0.2) is 6.10 Å². The zero-order chi connectivity index (χ0) is 19.1. The molecule has 2 rings (SSSR count). The van der Waals surface area contributed by atoms with Crippen LogP contribution in [-0.4, -0.2) is 25.1 Å². The van der Waals surface area contributed by atoms with E-state index in [0.29, 0.717) is 12.2 Å². The number of carbonyl (C=O) groups is 2. The van der Waals surface area contributed by atoms with Gasteiger partial charge in [-0.25, -0.2) is 8.78 Å². The smallest absolute Gasteiger partial charge is 0.306 e. The highest BCUT2D eigenvalue weighted by molar-refractivity contribution is 5.95. The molecule has 0 radical (unpaired) electrons. The van der Waals surface area contributed by atoms with Crippen LogP contribution in [0.1, 0.15) is 18.9 Å². The lowest BCUT2D eigenvalue weighted by molar-refractivity contribution is -0.153. The van der Waals surface area contributed by atoms with Gasteiger partial charge in [-0.2, -0.15) is 0 Å². The predicted octanol–water partition coefficient (Wildman–Crippen LogP) is 3.48. The Bertz CT molecular complexity index is 775. The van der Waals surface area contributed by atoms with E-state index in [1.165, 1.54) is 20.1 Å². The van der Waals surface area contributed by atoms with Crippen LogP contribution in [0.3, 0.4) is 0 Å². The van der Waals surface area contributed by atoms with E-state index in [1.54, 1.807) is 6.07 Å². The lowest BCUT2D eigenvalue weighted by Gasteiger charge is -2.14. The molecule has 5 nitrogen and oxygen atoms in total. The Balaban J connectivity index is 1.89. The summed E-state index contributed by atoms with van der Waals surface area (Å²) in [6.45, 7) is 1.33. The monoisotopic (exact) mass is 363 g/mol. The normalized spacial score (nSPS) is 11.5. The van der Waals surface area contributed by atoms with E-state index in [9.17, 15) is 18.4 Å². The number of amides is 1. The van der Waals surface area contributed by atoms with Crippen molar-refractivity contribution >= 4 is 17.6 Å². The number of hydrogen-bond donors (Lipinski definition) is 1. The highest BCUT2D eigenvalue weighted by Crippen LogP contribution is 2.20. The minimum atomic E-state index is -1.20. The molecule has 138 valence electrons. The first kappa shape index (κ1) is 19.4. The van der Waals surface area contributed by atoms with Crippen molar-refractivity contribution in [2.24, 2.45) is 0 Å². The van der Waals surface area contributed by atoms with Crippen LogP contribution in [0.15, 0.2) is 42.5 Å². The molecule has 0 saturated carbocycles. The first-order valence-electron chi connectivity index (χ1n) is 7.98. The van der Waals surface area contributed by atoms with E-state index in [0.717, 1.165) is 17.7 Å². The molecule has 1 amide bonds. The van der Waals surface area contributed by atoms with Gasteiger partial charge in [0.1, 0.15) is 23.1 Å². The number of carbonyl (C=O) groups excluding carboxylic acids is 2. The minimum absolute atomic E-state index is 0.0338. The van der Waals surface area contributed by atoms with Crippen LogP contribution in [0.4, 0.5) is 14.5 Å². The molecule has 0 fully saturated rings. The number of esters is 1. The summed E-state index contributed by atoms with van der Waals surface area (Å²) in [7, 11) is 1.53. The van der Waals surface area contributed by atoms with E-state index in [-0.39, 0.29) is 6.42 Å². The third-order valence-electron chi connectivity index (χ3n) is 3.68. The molecule has 1 N–H and O–H groups in total. The van der Waals surface area contributed by atoms with Crippen LogP contribution >= 0.6 is 0 Å². The number of para-hydroxylation sites is 2. The van der Waals surface area contributed by atoms with Crippen molar-refractivity contribution in [2.45, 2.75) is 25.9 Å². The fourth-order valence-electron chi connectivity index (χ4n) is 2.30. The van der Waals surface area contributed by atoms with Crippen molar-refractivity contribution in [1.29, 1.82) is 0 Å². The third-order valence-corrected chi connectivity index (χ3v) is 3.68. The van der Waals surface area contributed by atoms with Crippen LogP contribution in [0.25, 0.3) is 0 Å². The molecule has 0 aliphatic rings. The molecule has 0 aliphatic carbocycles. The quantitative estimate of drug-likeness (QED) is 0.765. The van der Waals surface area contributed by atoms with Crippen molar-refractivity contribution in [3.8, 4) is 5.75 Å². The Morgan fingerprint density at radius 3 is 2.38 bits per heavy atom. The summed E-state index contributed by atoms with van der Waals surface area (Å²) in [5, 5.41) is 2.09. The zero-order valence-electron chi connectivity index (χ0n) is 14.4. The molecular formula is C19H19F2NO4. The molecule has 0 bridgehead atoms. The van der Waals surface area contributed by atoms with Crippen molar-refractivity contribution in [1.82, 2.24) is 0 Å². The Morgan fingerprint density at radius 2 is 1.73 bits per heavy atom. The lowest BCUT2D eigenvalue weighted by atomic mass is 10.1. The number of hydrogen-bond acceptors (Lipinski definition) is 4. The largest absolute Gasteiger partial charge is 0.496 e. The Labute approximate surface area is 149 Å². The molecule has 0 aromatic heterocycles. The molecule has 2 aromatic carbocycles. The summed E-state index contributed by atoms with van der Waals surface area (Å²) in [5.74, 6) is -2.59. The maximum absolute atomic E-state index is 13.5. The van der Waals surface area contributed by atoms with Gasteiger partial charge in [-0.15, -0.1) is 0 Å². The fraction of sp³-hybridized carbons (Fsp3) is 0.263. The number of nitrogens with one attached hydrogen (secondary N) is 1. The first-order valence-corrected chi connectivity index (χ1v) is 7.98. The van der Waals surface area contributed by atoms with Crippen molar-refractivity contribution in [3.63, 3.8) is 0 Å². The highest BCUT2D eigenvalue weighted by atomic mass is 19.1. The van der Waals surface area contributed by atoms with E-state index in [4.69, 9.17) is 9.47 Å². The maximum atomic E-state index is 13.5. The second kappa shape index (κ2) is 8.94. The van der Waals surface area contributed by atoms with Crippen LogP contribution in [0.2, 0.25) is 0 Å². The van der Waals surface area contributed by atoms with E-state index >= 15 is 0 Å². The number of aryl methyl sites for hydroxylation is 1. The van der Waals surface area contributed by atoms with Gasteiger partial charge in [0.05, 0.1) is 7.11 Å². The summed E-state index contributed by atoms with van der Waals surface area (Å²) in [5.41, 5.74) is 0.256. The summed E-state index contributed by atoms with van der Waals surface area (Å²) < 4.78 is 37.3. The summed E-state index contributed by atoms with van der Waals surface area (Å²) in [6, 6.07) is 10.5. The van der Waals surface area contributed by atoms with Crippen LogP contribution in [0, 0.1) is 11.6 Å². The first-order chi connectivity index (χ1) is 12.4. The molecule has 0 saturated heterocycles. The van der Waals surface area contributed by atoms with Crippen LogP contribution in [-0.2, 0) is 20.7 Å². The standard InChI is InChI=1S/C19H19F2NO4/c1-12(19(24)22-18-14(20)7-5-8-15(18)21)26-17(23)11-10-13-6-3-4-9-16(13)25-2/h3-9,12H,10-11H2,1-2H3,(H,22,24)/t12-/m1/s1. The second-order valence-electron chi connectivity index (χ2n) is 5.53. The van der Waals surface area contributed by atoms with Gasteiger partial charge < -0.3 is 14.8 Å². The summed E-state index contributed by atoms with van der Waals surface area (Å²) in [6.07, 6.45) is -0.787. The van der Waals surface area contributed by atoms with Gasteiger partial charge in [-0.05, 0) is 37.1 Å². The van der Waals surface area contributed by atoms with E-state index in [1.807, 2.05) is 18.2 Å². The van der Waals surface area contributed by atoms with Gasteiger partial charge in [-0.3, -0.25) is 9.59 Å². The van der Waals surface area contributed by atoms with Gasteiger partial charge in [0.2, 0.25) is 0 Å². The average molecular weight is 363 g/mol. The Kier molecular flexibility index (Phi) is 6.66. The molecule has 0 aliphatic heterocycles. The zero-order valence-corrected chi connectivity index (χ0v) is 14.4. The molecule has 7 heteroatoms.